The molecule has 1 unspecified atom stereocenters. The van der Waals surface area contributed by atoms with E-state index in [1.807, 2.05) is 22.6 Å². The van der Waals surface area contributed by atoms with Crippen LogP contribution in [-0.4, -0.2) is 79.0 Å². The van der Waals surface area contributed by atoms with E-state index in [2.05, 4.69) is 15.5 Å². The molecule has 1 aromatic carbocycles. The Kier molecular flexibility index (Phi) is 9.81. The summed E-state index contributed by atoms with van der Waals surface area (Å²) in [5.74, 6) is -1.72. The fourth-order valence-corrected chi connectivity index (χ4v) is 7.24. The lowest BCUT2D eigenvalue weighted by Crippen LogP contribution is -2.75. The largest absolute Gasteiger partial charge is 0.614 e. The SMILES string of the molecule is COc1ccc(COC(=O)C2=C(CI)C[S+]([O-])[C@@H]3[C@H](NC(=O)/C(=N\OCC(C)=O)c4csc(C)n4)C(=O)N23)cc1. The Morgan fingerprint density at radius 3 is 2.62 bits per heavy atom. The molecule has 0 bridgehead atoms. The fourth-order valence-electron chi connectivity index (χ4n) is 3.96. The van der Waals surface area contributed by atoms with E-state index in [-0.39, 0.29) is 41.9 Å². The molecule has 1 aromatic heterocycles. The van der Waals surface area contributed by atoms with E-state index in [4.69, 9.17) is 14.3 Å². The van der Waals surface area contributed by atoms with Gasteiger partial charge in [0.1, 0.15) is 29.5 Å². The number of benzene rings is 1. The Morgan fingerprint density at radius 1 is 1.30 bits per heavy atom. The molecule has 0 radical (unpaired) electrons. The highest BCUT2D eigenvalue weighted by atomic mass is 127. The topological polar surface area (TPSA) is 160 Å². The number of hydrogen-bond acceptors (Lipinski definition) is 11. The second kappa shape index (κ2) is 13.1. The third-order valence-corrected chi connectivity index (χ3v) is 9.22. The minimum Gasteiger partial charge on any atom is -0.614 e. The zero-order valence-corrected chi connectivity index (χ0v) is 25.5. The van der Waals surface area contributed by atoms with Crippen molar-refractivity contribution < 1.29 is 38.0 Å². The number of carbonyl (C=O) groups is 4. The van der Waals surface area contributed by atoms with Crippen molar-refractivity contribution in [3.8, 4) is 5.75 Å². The molecule has 2 aromatic rings. The predicted molar refractivity (Wildman–Crippen MR) is 154 cm³/mol. The first-order valence-corrected chi connectivity index (χ1v) is 15.6. The smallest absolute Gasteiger partial charge is 0.355 e. The van der Waals surface area contributed by atoms with E-state index >= 15 is 0 Å². The van der Waals surface area contributed by atoms with E-state index in [0.29, 0.717) is 20.8 Å². The Labute approximate surface area is 250 Å². The zero-order valence-electron chi connectivity index (χ0n) is 21.7. The average Bonchev–Trinajstić information content (AvgIpc) is 3.37. The van der Waals surface area contributed by atoms with Crippen molar-refractivity contribution in [1.29, 1.82) is 0 Å². The van der Waals surface area contributed by atoms with Crippen molar-refractivity contribution in [2.45, 2.75) is 31.9 Å². The van der Waals surface area contributed by atoms with E-state index in [9.17, 15) is 23.7 Å². The van der Waals surface area contributed by atoms with Crippen LogP contribution in [0.4, 0.5) is 0 Å². The predicted octanol–water partition coefficient (Wildman–Crippen LogP) is 1.62. The molecule has 12 nitrogen and oxygen atoms in total. The van der Waals surface area contributed by atoms with Gasteiger partial charge in [-0.05, 0) is 42.7 Å². The second-order valence-electron chi connectivity index (χ2n) is 8.75. The van der Waals surface area contributed by atoms with Crippen LogP contribution in [0.3, 0.4) is 0 Å². The van der Waals surface area contributed by atoms with Gasteiger partial charge >= 0.3 is 5.97 Å². The third kappa shape index (κ3) is 6.47. The Balaban J connectivity index is 1.50. The summed E-state index contributed by atoms with van der Waals surface area (Å²) < 4.78 is 24.1. The van der Waals surface area contributed by atoms with Gasteiger partial charge in [-0.3, -0.25) is 19.3 Å². The molecule has 2 aliphatic rings. The summed E-state index contributed by atoms with van der Waals surface area (Å²) in [5, 5.41) is 7.62. The molecule has 1 fully saturated rings. The van der Waals surface area contributed by atoms with E-state index in [1.54, 1.807) is 43.7 Å². The molecule has 4 rings (SSSR count). The number of aryl methyl sites for hydroxylation is 1. The van der Waals surface area contributed by atoms with Crippen LogP contribution < -0.4 is 10.1 Å². The van der Waals surface area contributed by atoms with Crippen LogP contribution in [0, 0.1) is 6.92 Å². The summed E-state index contributed by atoms with van der Waals surface area (Å²) in [7, 11) is 1.55. The number of β-lactam (4-membered cyclic amide) rings is 1. The van der Waals surface area contributed by atoms with Crippen molar-refractivity contribution in [2.24, 2.45) is 5.16 Å². The first-order chi connectivity index (χ1) is 19.1. The number of esters is 1. The first kappa shape index (κ1) is 30.0. The monoisotopic (exact) mass is 700 g/mol. The van der Waals surface area contributed by atoms with Crippen molar-refractivity contribution in [3.05, 3.63) is 57.2 Å². The number of amides is 2. The van der Waals surface area contributed by atoms with Gasteiger partial charge in [-0.1, -0.05) is 39.9 Å². The highest BCUT2D eigenvalue weighted by molar-refractivity contribution is 14.1. The summed E-state index contributed by atoms with van der Waals surface area (Å²) >= 11 is 1.72. The van der Waals surface area contributed by atoms with Crippen LogP contribution in [0.5, 0.6) is 5.75 Å². The van der Waals surface area contributed by atoms with Crippen LogP contribution in [0.2, 0.25) is 0 Å². The maximum absolute atomic E-state index is 13.3. The van der Waals surface area contributed by atoms with Crippen molar-refractivity contribution in [1.82, 2.24) is 15.2 Å². The first-order valence-electron chi connectivity index (χ1n) is 11.9. The standard InChI is InChI=1S/C25H25IN4O8S2/c1-13(31)9-38-29-19(18-11-39-14(2)27-18)22(32)28-20-23(33)30-21(16(8-26)12-40(35)24(20)30)25(34)37-10-15-4-6-17(36-3)7-5-15/h4-7,11,20,24H,8-10,12H2,1-3H3,(H,28,32)/b29-19-/t20-,24-,40?/m1/s1. The Bertz CT molecular complexity index is 1380. The Morgan fingerprint density at radius 2 is 2.02 bits per heavy atom. The number of halogens is 1. The number of ketones is 1. The second-order valence-corrected chi connectivity index (χ2v) is 12.1. The summed E-state index contributed by atoms with van der Waals surface area (Å²) in [6.45, 7) is 2.66. The number of methoxy groups -OCH3 is 1. The zero-order chi connectivity index (χ0) is 29.0. The highest BCUT2D eigenvalue weighted by Gasteiger charge is 2.61. The van der Waals surface area contributed by atoms with Gasteiger partial charge in [-0.15, -0.1) is 11.3 Å². The van der Waals surface area contributed by atoms with Crippen LogP contribution in [-0.2, 0) is 46.5 Å². The van der Waals surface area contributed by atoms with Crippen molar-refractivity contribution in [3.63, 3.8) is 0 Å². The van der Waals surface area contributed by atoms with Gasteiger partial charge in [-0.25, -0.2) is 9.78 Å². The van der Waals surface area contributed by atoms with Gasteiger partial charge in [0.05, 0.1) is 12.1 Å². The fraction of sp³-hybridized carbons (Fsp3) is 0.360. The van der Waals surface area contributed by atoms with Crippen LogP contribution in [0.25, 0.3) is 0 Å². The molecule has 2 aliphatic heterocycles. The number of nitrogens with one attached hydrogen (secondary N) is 1. The molecule has 2 amide bonds. The number of aromatic nitrogens is 1. The lowest BCUT2D eigenvalue weighted by atomic mass is 10.0. The lowest BCUT2D eigenvalue weighted by Gasteiger charge is -2.49. The Hall–Kier alpha value is -3.02. The molecule has 0 saturated carbocycles. The third-order valence-electron chi connectivity index (χ3n) is 5.88. The molecule has 0 spiro atoms. The molecule has 0 aliphatic carbocycles. The van der Waals surface area contributed by atoms with Crippen LogP contribution >= 0.6 is 33.9 Å². The number of ether oxygens (including phenoxy) is 2. The summed E-state index contributed by atoms with van der Waals surface area (Å²) in [6, 6.07) is 5.80. The summed E-state index contributed by atoms with van der Waals surface area (Å²) in [4.78, 5) is 61.2. The van der Waals surface area contributed by atoms with Gasteiger partial charge < -0.3 is 24.2 Å². The number of alkyl halides is 1. The molecule has 3 heterocycles. The minimum atomic E-state index is -1.59. The maximum Gasteiger partial charge on any atom is 0.355 e. The quantitative estimate of drug-likeness (QED) is 0.0700. The average molecular weight is 701 g/mol. The number of carbonyl (C=O) groups excluding carboxylic acids is 4. The molecule has 212 valence electrons. The maximum atomic E-state index is 13.3. The number of fused-ring (bicyclic) bond motifs is 1. The number of Topliss-reactive ketones (excluding diaryl/α,β-unsaturated/α-hetero) is 1. The summed E-state index contributed by atoms with van der Waals surface area (Å²) in [5.41, 5.74) is 1.24. The molecule has 3 atom stereocenters. The van der Waals surface area contributed by atoms with Crippen molar-refractivity contribution in [2.75, 3.05) is 23.9 Å². The highest BCUT2D eigenvalue weighted by Crippen LogP contribution is 2.38. The molecular weight excluding hydrogens is 675 g/mol. The van der Waals surface area contributed by atoms with E-state index in [1.165, 1.54) is 18.3 Å². The number of hydrogen-bond donors (Lipinski definition) is 1. The minimum absolute atomic E-state index is 0.0377. The van der Waals surface area contributed by atoms with Gasteiger partial charge in [0.25, 0.3) is 11.8 Å². The van der Waals surface area contributed by atoms with Crippen molar-refractivity contribution >= 4 is 74.4 Å². The van der Waals surface area contributed by atoms with Crippen LogP contribution in [0.1, 0.15) is 23.2 Å². The molecule has 15 heteroatoms. The number of nitrogens with zero attached hydrogens (tertiary/aromatic N) is 3. The van der Waals surface area contributed by atoms with Gasteiger partial charge in [0.15, 0.2) is 24.1 Å². The number of thiazole rings is 1. The van der Waals surface area contributed by atoms with Gasteiger partial charge in [0, 0.05) is 15.4 Å². The molecule has 1 N–H and O–H groups in total. The van der Waals surface area contributed by atoms with E-state index < -0.39 is 40.4 Å². The summed E-state index contributed by atoms with van der Waals surface area (Å²) in [6.07, 6.45) is 0. The normalized spacial score (nSPS) is 20.4. The molecule has 1 saturated heterocycles. The van der Waals surface area contributed by atoms with E-state index in [0.717, 1.165) is 10.5 Å². The van der Waals surface area contributed by atoms with Crippen LogP contribution in [0.15, 0.2) is 46.1 Å². The lowest BCUT2D eigenvalue weighted by molar-refractivity contribution is -0.153. The number of rotatable bonds is 11. The van der Waals surface area contributed by atoms with Gasteiger partial charge in [0.2, 0.25) is 5.37 Å². The number of oxime groups is 1. The molecular formula is C25H25IN4O8S2. The van der Waals surface area contributed by atoms with Gasteiger partial charge in [-0.2, -0.15) is 0 Å². The molecule has 40 heavy (non-hydrogen) atoms.